The first-order chi connectivity index (χ1) is 11.8. The minimum Gasteiger partial charge on any atom is -0.494 e. The van der Waals surface area contributed by atoms with Crippen molar-refractivity contribution in [1.29, 1.82) is 0 Å². The minimum absolute atomic E-state index is 0.173. The topological polar surface area (TPSA) is 42.4 Å². The van der Waals surface area contributed by atoms with Gasteiger partial charge in [0.15, 0.2) is 0 Å². The number of benzene rings is 1. The fourth-order valence-corrected chi connectivity index (χ4v) is 3.98. The molecule has 2 aromatic rings. The molecule has 0 aliphatic carbocycles. The Hall–Kier alpha value is -1.88. The van der Waals surface area contributed by atoms with Gasteiger partial charge >= 0.3 is 0 Å². The second kappa shape index (κ2) is 8.29. The second-order valence-corrected chi connectivity index (χ2v) is 6.97. The van der Waals surface area contributed by atoms with E-state index < -0.39 is 0 Å². The lowest BCUT2D eigenvalue weighted by Crippen LogP contribution is -2.38. The van der Waals surface area contributed by atoms with Gasteiger partial charge in [-0.05, 0) is 50.3 Å². The van der Waals surface area contributed by atoms with Crippen molar-refractivity contribution >= 4 is 17.2 Å². The Kier molecular flexibility index (Phi) is 5.86. The number of thiazole rings is 1. The van der Waals surface area contributed by atoms with Crippen molar-refractivity contribution in [3.8, 4) is 5.75 Å². The fourth-order valence-electron chi connectivity index (χ4n) is 3.20. The first kappa shape index (κ1) is 17.0. The normalized spacial score (nSPS) is 17.7. The van der Waals surface area contributed by atoms with E-state index in [2.05, 4.69) is 4.98 Å². The Morgan fingerprint density at radius 3 is 2.88 bits per heavy atom. The molecule has 1 fully saturated rings. The first-order valence-electron chi connectivity index (χ1n) is 8.68. The third-order valence-corrected chi connectivity index (χ3v) is 5.30. The van der Waals surface area contributed by atoms with Crippen LogP contribution in [-0.4, -0.2) is 28.9 Å². The number of carbonyl (C=O) groups excluding carboxylic acids is 1. The number of piperidine rings is 1. The first-order valence-corrected chi connectivity index (χ1v) is 9.56. The Morgan fingerprint density at radius 1 is 1.33 bits per heavy atom. The number of rotatable bonds is 6. The van der Waals surface area contributed by atoms with Crippen LogP contribution in [0.5, 0.6) is 5.75 Å². The summed E-state index contributed by atoms with van der Waals surface area (Å²) in [7, 11) is 0. The van der Waals surface area contributed by atoms with E-state index in [1.165, 1.54) is 12.0 Å². The van der Waals surface area contributed by atoms with Crippen molar-refractivity contribution in [2.45, 2.75) is 45.1 Å². The molecule has 1 atom stereocenters. The summed E-state index contributed by atoms with van der Waals surface area (Å²) in [6, 6.07) is 8.22. The lowest BCUT2D eigenvalue weighted by molar-refractivity contribution is -0.135. The summed E-state index contributed by atoms with van der Waals surface area (Å²) >= 11 is 1.65. The zero-order valence-corrected chi connectivity index (χ0v) is 14.9. The zero-order valence-electron chi connectivity index (χ0n) is 14.1. The maximum atomic E-state index is 12.7. The van der Waals surface area contributed by atoms with Gasteiger partial charge in [-0.15, -0.1) is 11.3 Å². The molecule has 0 unspecified atom stereocenters. The van der Waals surface area contributed by atoms with Gasteiger partial charge in [-0.25, -0.2) is 4.98 Å². The van der Waals surface area contributed by atoms with Crippen LogP contribution in [0.1, 0.15) is 49.2 Å². The Balaban J connectivity index is 1.59. The molecule has 0 N–H and O–H groups in total. The van der Waals surface area contributed by atoms with Crippen molar-refractivity contribution < 1.29 is 9.53 Å². The molecule has 3 rings (SSSR count). The summed E-state index contributed by atoms with van der Waals surface area (Å²) in [6.45, 7) is 3.50. The number of amides is 1. The lowest BCUT2D eigenvalue weighted by Gasteiger charge is -2.34. The van der Waals surface area contributed by atoms with E-state index >= 15 is 0 Å². The van der Waals surface area contributed by atoms with Gasteiger partial charge in [-0.3, -0.25) is 4.79 Å². The molecule has 24 heavy (non-hydrogen) atoms. The summed E-state index contributed by atoms with van der Waals surface area (Å²) in [5.41, 5.74) is 1.18. The average molecular weight is 344 g/mol. The van der Waals surface area contributed by atoms with Crippen LogP contribution in [0.25, 0.3) is 0 Å². The van der Waals surface area contributed by atoms with E-state index in [-0.39, 0.29) is 11.9 Å². The molecule has 4 nitrogen and oxygen atoms in total. The van der Waals surface area contributed by atoms with Crippen molar-refractivity contribution in [2.24, 2.45) is 0 Å². The maximum absolute atomic E-state index is 12.7. The van der Waals surface area contributed by atoms with Crippen LogP contribution < -0.4 is 4.74 Å². The molecule has 5 heteroatoms. The minimum atomic E-state index is 0.173. The van der Waals surface area contributed by atoms with Crippen molar-refractivity contribution in [1.82, 2.24) is 9.88 Å². The van der Waals surface area contributed by atoms with Gasteiger partial charge in [-0.2, -0.15) is 0 Å². The largest absolute Gasteiger partial charge is 0.494 e. The van der Waals surface area contributed by atoms with Crippen LogP contribution in [0, 0.1) is 0 Å². The van der Waals surface area contributed by atoms with Gasteiger partial charge in [0, 0.05) is 24.5 Å². The number of hydrogen-bond acceptors (Lipinski definition) is 4. The Labute approximate surface area is 147 Å². The Bertz CT molecular complexity index is 640. The molecule has 1 aromatic heterocycles. The van der Waals surface area contributed by atoms with E-state index in [1.54, 1.807) is 11.3 Å². The van der Waals surface area contributed by atoms with E-state index in [4.69, 9.17) is 4.74 Å². The molecule has 128 valence electrons. The smallest absolute Gasteiger partial charge is 0.223 e. The van der Waals surface area contributed by atoms with Crippen LogP contribution in [0.3, 0.4) is 0 Å². The van der Waals surface area contributed by atoms with Crippen LogP contribution in [0.15, 0.2) is 35.8 Å². The van der Waals surface area contributed by atoms with Gasteiger partial charge in [-0.1, -0.05) is 12.1 Å². The summed E-state index contributed by atoms with van der Waals surface area (Å²) in [5.74, 6) is 1.12. The molecule has 0 radical (unpaired) electrons. The molecule has 1 saturated heterocycles. The van der Waals surface area contributed by atoms with Crippen molar-refractivity contribution in [2.75, 3.05) is 13.2 Å². The fraction of sp³-hybridized carbons (Fsp3) is 0.474. The third kappa shape index (κ3) is 4.15. The van der Waals surface area contributed by atoms with Gasteiger partial charge in [0.1, 0.15) is 10.8 Å². The molecule has 1 aromatic carbocycles. The van der Waals surface area contributed by atoms with E-state index in [0.29, 0.717) is 13.0 Å². The van der Waals surface area contributed by atoms with Gasteiger partial charge in [0.25, 0.3) is 0 Å². The highest BCUT2D eigenvalue weighted by Gasteiger charge is 2.29. The summed E-state index contributed by atoms with van der Waals surface area (Å²) < 4.78 is 5.46. The quantitative estimate of drug-likeness (QED) is 0.787. The van der Waals surface area contributed by atoms with E-state index in [9.17, 15) is 4.79 Å². The van der Waals surface area contributed by atoms with E-state index in [0.717, 1.165) is 36.6 Å². The van der Waals surface area contributed by atoms with Gasteiger partial charge in [0.2, 0.25) is 5.91 Å². The molecular weight excluding hydrogens is 320 g/mol. The second-order valence-electron chi connectivity index (χ2n) is 6.05. The highest BCUT2D eigenvalue weighted by atomic mass is 32.1. The summed E-state index contributed by atoms with van der Waals surface area (Å²) in [6.07, 6.45) is 6.45. The number of aromatic nitrogens is 1. The molecule has 0 bridgehead atoms. The average Bonchev–Trinajstić information content (AvgIpc) is 3.16. The van der Waals surface area contributed by atoms with Crippen LogP contribution in [0.4, 0.5) is 0 Å². The van der Waals surface area contributed by atoms with Crippen LogP contribution in [-0.2, 0) is 11.2 Å². The van der Waals surface area contributed by atoms with Gasteiger partial charge < -0.3 is 9.64 Å². The monoisotopic (exact) mass is 344 g/mol. The summed E-state index contributed by atoms with van der Waals surface area (Å²) in [5, 5.41) is 3.07. The molecule has 0 saturated carbocycles. The molecular formula is C19H24N2O2S. The predicted octanol–water partition coefficient (Wildman–Crippen LogP) is 4.23. The highest BCUT2D eigenvalue weighted by Crippen LogP contribution is 2.32. The maximum Gasteiger partial charge on any atom is 0.223 e. The van der Waals surface area contributed by atoms with Crippen molar-refractivity contribution in [3.63, 3.8) is 0 Å². The van der Waals surface area contributed by atoms with E-state index in [1.807, 2.05) is 47.7 Å². The number of carbonyl (C=O) groups is 1. The molecule has 1 aliphatic rings. The SMILES string of the molecule is CCOc1ccc(CCC(=O)N2CCCC[C@@H]2c2nccs2)cc1. The van der Waals surface area contributed by atoms with Crippen LogP contribution in [0.2, 0.25) is 0 Å². The van der Waals surface area contributed by atoms with Crippen LogP contribution >= 0.6 is 11.3 Å². The Morgan fingerprint density at radius 2 is 2.17 bits per heavy atom. The number of ether oxygens (including phenoxy) is 1. The molecule has 0 spiro atoms. The number of aryl methyl sites for hydroxylation is 1. The van der Waals surface area contributed by atoms with Crippen molar-refractivity contribution in [3.05, 3.63) is 46.4 Å². The third-order valence-electron chi connectivity index (χ3n) is 4.42. The number of hydrogen-bond donors (Lipinski definition) is 0. The van der Waals surface area contributed by atoms with Gasteiger partial charge in [0.05, 0.1) is 12.6 Å². The standard InChI is InChI=1S/C19H24N2O2S/c1-2-23-16-9-6-15(7-10-16)8-11-18(22)21-13-4-3-5-17(21)19-20-12-14-24-19/h6-7,9-10,12,14,17H,2-5,8,11,13H2,1H3/t17-/m1/s1. The number of nitrogens with zero attached hydrogens (tertiary/aromatic N) is 2. The number of likely N-dealkylation sites (tertiary alicyclic amines) is 1. The molecule has 2 heterocycles. The lowest BCUT2D eigenvalue weighted by atomic mass is 10.0. The molecule has 1 amide bonds. The summed E-state index contributed by atoms with van der Waals surface area (Å²) in [4.78, 5) is 19.2. The predicted molar refractivity (Wildman–Crippen MR) is 96.4 cm³/mol. The zero-order chi connectivity index (χ0) is 16.8. The molecule has 1 aliphatic heterocycles. The highest BCUT2D eigenvalue weighted by molar-refractivity contribution is 7.09.